The fourth-order valence-electron chi connectivity index (χ4n) is 1.04. The predicted molar refractivity (Wildman–Crippen MR) is 44.1 cm³/mol. The number of hydrogen-bond acceptors (Lipinski definition) is 4. The van der Waals surface area contributed by atoms with Crippen molar-refractivity contribution in [1.29, 1.82) is 0 Å². The molecule has 0 saturated heterocycles. The Morgan fingerprint density at radius 2 is 2.29 bits per heavy atom. The summed E-state index contributed by atoms with van der Waals surface area (Å²) in [7, 11) is 1.20. The number of ether oxygens (including phenoxy) is 1. The van der Waals surface area contributed by atoms with Gasteiger partial charge in [0.2, 0.25) is 5.91 Å². The summed E-state index contributed by atoms with van der Waals surface area (Å²) in [5.41, 5.74) is -0.0149. The van der Waals surface area contributed by atoms with Crippen LogP contribution >= 0.6 is 0 Å². The minimum Gasteiger partial charge on any atom is -0.478 e. The lowest BCUT2D eigenvalue weighted by Gasteiger charge is -2.10. The second-order valence-electron chi connectivity index (χ2n) is 2.73. The fraction of sp³-hybridized carbons (Fsp3) is 0.375. The molecule has 6 heteroatoms. The van der Waals surface area contributed by atoms with Crippen LogP contribution in [0.4, 0.5) is 0 Å². The van der Waals surface area contributed by atoms with Crippen LogP contribution in [-0.2, 0) is 19.1 Å². The molecule has 0 aromatic rings. The third-order valence-electron chi connectivity index (χ3n) is 1.78. The van der Waals surface area contributed by atoms with Crippen LogP contribution in [-0.4, -0.2) is 41.5 Å². The molecule has 0 bridgehead atoms. The van der Waals surface area contributed by atoms with Crippen LogP contribution in [0.5, 0.6) is 0 Å². The summed E-state index contributed by atoms with van der Waals surface area (Å²) >= 11 is 0. The van der Waals surface area contributed by atoms with Crippen molar-refractivity contribution in [3.8, 4) is 0 Å². The summed E-state index contributed by atoms with van der Waals surface area (Å²) in [6, 6.07) is 0. The number of hydrogen-bond donors (Lipinski definition) is 1. The van der Waals surface area contributed by atoms with Gasteiger partial charge in [-0.3, -0.25) is 9.59 Å². The first-order valence-corrected chi connectivity index (χ1v) is 3.85. The SMILES string of the molecule is COC(=O)CN1C=C(C(=O)O)CC1=O. The standard InChI is InChI=1S/C8H9NO5/c1-14-7(11)4-9-3-5(8(12)13)2-6(9)10/h3H,2,4H2,1H3,(H,12,13). The second kappa shape index (κ2) is 3.91. The first kappa shape index (κ1) is 10.2. The number of nitrogens with zero attached hydrogens (tertiary/aromatic N) is 1. The Balaban J connectivity index is 2.67. The van der Waals surface area contributed by atoms with Gasteiger partial charge < -0.3 is 14.7 Å². The molecule has 0 aliphatic carbocycles. The number of carbonyl (C=O) groups excluding carboxylic acids is 2. The van der Waals surface area contributed by atoms with Crippen molar-refractivity contribution >= 4 is 17.8 Å². The number of carboxylic acids is 1. The largest absolute Gasteiger partial charge is 0.478 e. The zero-order chi connectivity index (χ0) is 10.7. The topological polar surface area (TPSA) is 83.9 Å². The van der Waals surface area contributed by atoms with E-state index in [2.05, 4.69) is 4.74 Å². The van der Waals surface area contributed by atoms with Gasteiger partial charge in [0.25, 0.3) is 0 Å². The van der Waals surface area contributed by atoms with Gasteiger partial charge in [-0.2, -0.15) is 0 Å². The maximum Gasteiger partial charge on any atom is 0.333 e. The number of esters is 1. The van der Waals surface area contributed by atoms with Crippen LogP contribution in [0.25, 0.3) is 0 Å². The van der Waals surface area contributed by atoms with Crippen LogP contribution in [0.2, 0.25) is 0 Å². The molecule has 14 heavy (non-hydrogen) atoms. The Hall–Kier alpha value is -1.85. The Morgan fingerprint density at radius 3 is 2.71 bits per heavy atom. The van der Waals surface area contributed by atoms with Crippen molar-refractivity contribution in [2.45, 2.75) is 6.42 Å². The van der Waals surface area contributed by atoms with Crippen molar-refractivity contribution < 1.29 is 24.2 Å². The smallest absolute Gasteiger partial charge is 0.333 e. The molecule has 1 N–H and O–H groups in total. The number of carbonyl (C=O) groups is 3. The Bertz CT molecular complexity index is 320. The summed E-state index contributed by atoms with van der Waals surface area (Å²) in [4.78, 5) is 33.5. The minimum absolute atomic E-state index is 0.0149. The lowest BCUT2D eigenvalue weighted by Crippen LogP contribution is -2.28. The molecule has 1 aliphatic heterocycles. The third kappa shape index (κ3) is 2.09. The van der Waals surface area contributed by atoms with Crippen LogP contribution < -0.4 is 0 Å². The number of aliphatic carboxylic acids is 1. The van der Waals surface area contributed by atoms with Gasteiger partial charge in [0.15, 0.2) is 0 Å². The van der Waals surface area contributed by atoms with E-state index in [1.165, 1.54) is 7.11 Å². The van der Waals surface area contributed by atoms with Crippen molar-refractivity contribution in [2.75, 3.05) is 13.7 Å². The van der Waals surface area contributed by atoms with Gasteiger partial charge in [-0.05, 0) is 0 Å². The molecule has 0 atom stereocenters. The van der Waals surface area contributed by atoms with Crippen molar-refractivity contribution in [3.63, 3.8) is 0 Å². The molecule has 0 spiro atoms. The molecule has 6 nitrogen and oxygen atoms in total. The predicted octanol–water partition coefficient (Wildman–Crippen LogP) is -0.640. The van der Waals surface area contributed by atoms with E-state index in [9.17, 15) is 14.4 Å². The molecule has 0 aromatic carbocycles. The van der Waals surface area contributed by atoms with E-state index in [-0.39, 0.29) is 18.5 Å². The lowest BCUT2D eigenvalue weighted by molar-refractivity contribution is -0.144. The Morgan fingerprint density at radius 1 is 1.64 bits per heavy atom. The molecular formula is C8H9NO5. The summed E-state index contributed by atoms with van der Waals surface area (Å²) in [5.74, 6) is -2.14. The molecule has 0 unspecified atom stereocenters. The number of amides is 1. The highest BCUT2D eigenvalue weighted by Gasteiger charge is 2.27. The first-order chi connectivity index (χ1) is 6.54. The highest BCUT2D eigenvalue weighted by Crippen LogP contribution is 2.15. The molecule has 0 saturated carbocycles. The highest BCUT2D eigenvalue weighted by atomic mass is 16.5. The zero-order valence-electron chi connectivity index (χ0n) is 7.52. The van der Waals surface area contributed by atoms with Crippen molar-refractivity contribution in [3.05, 3.63) is 11.8 Å². The normalized spacial score (nSPS) is 15.4. The van der Waals surface area contributed by atoms with E-state index in [1.807, 2.05) is 0 Å². The summed E-state index contributed by atoms with van der Waals surface area (Å²) in [6.07, 6.45) is 0.980. The second-order valence-corrected chi connectivity index (χ2v) is 2.73. The van der Waals surface area contributed by atoms with Crippen LogP contribution in [0.15, 0.2) is 11.8 Å². The number of methoxy groups -OCH3 is 1. The van der Waals surface area contributed by atoms with E-state index in [4.69, 9.17) is 5.11 Å². The Kier molecular flexibility index (Phi) is 2.85. The van der Waals surface area contributed by atoms with Crippen LogP contribution in [0.1, 0.15) is 6.42 Å². The summed E-state index contributed by atoms with van der Waals surface area (Å²) in [6.45, 7) is -0.244. The van der Waals surface area contributed by atoms with Gasteiger partial charge in [-0.1, -0.05) is 0 Å². The fourth-order valence-corrected chi connectivity index (χ4v) is 1.04. The van der Waals surface area contributed by atoms with E-state index < -0.39 is 17.8 Å². The van der Waals surface area contributed by atoms with Gasteiger partial charge in [0.05, 0.1) is 19.1 Å². The lowest BCUT2D eigenvalue weighted by atomic mass is 10.2. The molecular weight excluding hydrogens is 190 g/mol. The van der Waals surface area contributed by atoms with Gasteiger partial charge in [0.1, 0.15) is 6.54 Å². The molecule has 76 valence electrons. The summed E-state index contributed by atoms with van der Waals surface area (Å²) < 4.78 is 4.35. The first-order valence-electron chi connectivity index (χ1n) is 3.85. The van der Waals surface area contributed by atoms with E-state index >= 15 is 0 Å². The Labute approximate surface area is 79.8 Å². The van der Waals surface area contributed by atoms with Gasteiger partial charge in [-0.15, -0.1) is 0 Å². The molecule has 0 aromatic heterocycles. The molecule has 1 amide bonds. The maximum atomic E-state index is 11.1. The highest BCUT2D eigenvalue weighted by molar-refractivity contribution is 5.98. The maximum absolute atomic E-state index is 11.1. The molecule has 1 rings (SSSR count). The van der Waals surface area contributed by atoms with Crippen LogP contribution in [0.3, 0.4) is 0 Å². The average Bonchev–Trinajstić information content (AvgIpc) is 2.48. The quantitative estimate of drug-likeness (QED) is 0.611. The minimum atomic E-state index is -1.15. The van der Waals surface area contributed by atoms with Crippen molar-refractivity contribution in [2.24, 2.45) is 0 Å². The summed E-state index contributed by atoms with van der Waals surface area (Å²) in [5, 5.41) is 8.58. The average molecular weight is 199 g/mol. The monoisotopic (exact) mass is 199 g/mol. The van der Waals surface area contributed by atoms with Crippen molar-refractivity contribution in [1.82, 2.24) is 4.90 Å². The number of rotatable bonds is 3. The molecule has 0 radical (unpaired) electrons. The third-order valence-corrected chi connectivity index (χ3v) is 1.78. The van der Waals surface area contributed by atoms with Crippen LogP contribution in [0, 0.1) is 0 Å². The van der Waals surface area contributed by atoms with E-state index in [1.54, 1.807) is 0 Å². The van der Waals surface area contributed by atoms with Gasteiger partial charge in [0, 0.05) is 6.20 Å². The number of carboxylic acid groups (broad SMARTS) is 1. The van der Waals surface area contributed by atoms with E-state index in [0.29, 0.717) is 0 Å². The molecule has 0 fully saturated rings. The molecule has 1 aliphatic rings. The molecule has 1 heterocycles. The van der Waals surface area contributed by atoms with Gasteiger partial charge >= 0.3 is 11.9 Å². The van der Waals surface area contributed by atoms with E-state index in [0.717, 1.165) is 11.1 Å². The van der Waals surface area contributed by atoms with Gasteiger partial charge in [-0.25, -0.2) is 4.79 Å². The zero-order valence-corrected chi connectivity index (χ0v) is 7.52.